The Balaban J connectivity index is 1.51. The Hall–Kier alpha value is -1.47. The summed E-state index contributed by atoms with van der Waals surface area (Å²) in [4.78, 5) is 11.8. The third kappa shape index (κ3) is 2.99. The Morgan fingerprint density at radius 1 is 1.45 bits per heavy atom. The van der Waals surface area contributed by atoms with Gasteiger partial charge >= 0.3 is 0 Å². The fourth-order valence-corrected chi connectivity index (χ4v) is 2.71. The second-order valence-corrected chi connectivity index (χ2v) is 5.23. The van der Waals surface area contributed by atoms with Crippen LogP contribution in [0.4, 0.5) is 0 Å². The Bertz CT molecular complexity index is 467. The van der Waals surface area contributed by atoms with Crippen LogP contribution < -0.4 is 10.6 Å². The zero-order valence-corrected chi connectivity index (χ0v) is 11.6. The molecule has 0 unspecified atom stereocenters. The molecule has 1 amide bonds. The van der Waals surface area contributed by atoms with E-state index in [9.17, 15) is 4.79 Å². The molecule has 20 heavy (non-hydrogen) atoms. The summed E-state index contributed by atoms with van der Waals surface area (Å²) in [7, 11) is 0. The number of hydrogen-bond acceptors (Lipinski definition) is 5. The lowest BCUT2D eigenvalue weighted by atomic mass is 10.2. The minimum absolute atomic E-state index is 0.000211. The molecule has 2 N–H and O–H groups in total. The maximum Gasteiger partial charge on any atom is 0.249 e. The average molecular weight is 279 g/mol. The van der Waals surface area contributed by atoms with E-state index in [0.29, 0.717) is 19.6 Å². The summed E-state index contributed by atoms with van der Waals surface area (Å²) in [6.07, 6.45) is 3.18. The number of fused-ring (bicyclic) bond motifs is 1. The van der Waals surface area contributed by atoms with Crippen LogP contribution in [-0.4, -0.2) is 53.0 Å². The molecule has 0 aromatic carbocycles. The Labute approximate surface area is 118 Å². The van der Waals surface area contributed by atoms with Gasteiger partial charge in [-0.3, -0.25) is 4.79 Å². The van der Waals surface area contributed by atoms with Crippen molar-refractivity contribution < 1.29 is 9.53 Å². The molecule has 110 valence electrons. The van der Waals surface area contributed by atoms with E-state index in [2.05, 4.69) is 25.4 Å². The molecule has 0 aliphatic carbocycles. The van der Waals surface area contributed by atoms with E-state index in [0.717, 1.165) is 50.5 Å². The molecule has 1 aromatic rings. The molecule has 1 fully saturated rings. The van der Waals surface area contributed by atoms with Crippen molar-refractivity contribution in [2.24, 2.45) is 0 Å². The molecule has 3 heterocycles. The predicted octanol–water partition coefficient (Wildman–Crippen LogP) is -0.738. The highest BCUT2D eigenvalue weighted by Crippen LogP contribution is 2.11. The van der Waals surface area contributed by atoms with E-state index < -0.39 is 0 Å². The number of aromatic nitrogens is 3. The second-order valence-electron chi connectivity index (χ2n) is 5.23. The van der Waals surface area contributed by atoms with Gasteiger partial charge < -0.3 is 19.9 Å². The average Bonchev–Trinajstić information content (AvgIpc) is 3.05. The minimum atomic E-state index is -0.255. The molecule has 1 atom stereocenters. The number of nitrogens with zero attached hydrogens (tertiary/aromatic N) is 3. The lowest BCUT2D eigenvalue weighted by Gasteiger charge is -2.11. The number of carbonyl (C=O) groups excluding carboxylic acids is 1. The zero-order chi connectivity index (χ0) is 13.8. The van der Waals surface area contributed by atoms with E-state index >= 15 is 0 Å². The van der Waals surface area contributed by atoms with Crippen LogP contribution in [0.15, 0.2) is 0 Å². The molecule has 7 nitrogen and oxygen atoms in total. The van der Waals surface area contributed by atoms with Crippen molar-refractivity contribution in [1.82, 2.24) is 25.4 Å². The van der Waals surface area contributed by atoms with Gasteiger partial charge in [0.1, 0.15) is 17.8 Å². The molecule has 2 aliphatic rings. The van der Waals surface area contributed by atoms with Gasteiger partial charge in [-0.15, -0.1) is 10.2 Å². The lowest BCUT2D eigenvalue weighted by Crippen LogP contribution is -2.35. The first-order valence-electron chi connectivity index (χ1n) is 7.35. The van der Waals surface area contributed by atoms with Crippen LogP contribution in [0.1, 0.15) is 24.5 Å². The van der Waals surface area contributed by atoms with Gasteiger partial charge in [0.2, 0.25) is 5.91 Å². The number of rotatable bonds is 4. The standard InChI is InChI=1S/C13H21N5O2/c19-13(10-2-1-9-20-10)15-6-4-12-17-16-11-3-5-14-7-8-18(11)12/h10,14H,1-9H2,(H,15,19)/t10-/m0/s1. The van der Waals surface area contributed by atoms with E-state index in [1.807, 2.05) is 0 Å². The third-order valence-corrected chi connectivity index (χ3v) is 3.81. The lowest BCUT2D eigenvalue weighted by molar-refractivity contribution is -0.130. The summed E-state index contributed by atoms with van der Waals surface area (Å²) in [5.41, 5.74) is 0. The molecule has 3 rings (SSSR count). The summed E-state index contributed by atoms with van der Waals surface area (Å²) < 4.78 is 7.52. The van der Waals surface area contributed by atoms with Crippen molar-refractivity contribution in [1.29, 1.82) is 0 Å². The van der Waals surface area contributed by atoms with Crippen LogP contribution >= 0.6 is 0 Å². The van der Waals surface area contributed by atoms with Gasteiger partial charge in [-0.2, -0.15) is 0 Å². The number of hydrogen-bond donors (Lipinski definition) is 2. The van der Waals surface area contributed by atoms with Crippen molar-refractivity contribution in [3.05, 3.63) is 11.6 Å². The Morgan fingerprint density at radius 3 is 3.25 bits per heavy atom. The van der Waals surface area contributed by atoms with Crippen LogP contribution in [0.3, 0.4) is 0 Å². The number of ether oxygens (including phenoxy) is 1. The smallest absolute Gasteiger partial charge is 0.249 e. The first kappa shape index (κ1) is 13.5. The molecular weight excluding hydrogens is 258 g/mol. The minimum Gasteiger partial charge on any atom is -0.368 e. The van der Waals surface area contributed by atoms with Crippen LogP contribution in [-0.2, 0) is 28.9 Å². The number of nitrogens with one attached hydrogen (secondary N) is 2. The first-order chi connectivity index (χ1) is 9.84. The monoisotopic (exact) mass is 279 g/mol. The summed E-state index contributed by atoms with van der Waals surface area (Å²) in [6.45, 7) is 4.08. The Morgan fingerprint density at radius 2 is 2.40 bits per heavy atom. The molecular formula is C13H21N5O2. The highest BCUT2D eigenvalue weighted by atomic mass is 16.5. The van der Waals surface area contributed by atoms with Crippen molar-refractivity contribution in [2.45, 2.75) is 38.3 Å². The second kappa shape index (κ2) is 6.32. The van der Waals surface area contributed by atoms with Crippen molar-refractivity contribution >= 4 is 5.91 Å². The quantitative estimate of drug-likeness (QED) is 0.759. The third-order valence-electron chi connectivity index (χ3n) is 3.81. The maximum atomic E-state index is 11.8. The van der Waals surface area contributed by atoms with E-state index in [4.69, 9.17) is 4.74 Å². The fraction of sp³-hybridized carbons (Fsp3) is 0.769. The molecule has 0 saturated carbocycles. The SMILES string of the molecule is O=C(NCCc1nnc2n1CCNCC2)[C@@H]1CCCO1. The van der Waals surface area contributed by atoms with Gasteiger partial charge in [0.25, 0.3) is 0 Å². The van der Waals surface area contributed by atoms with Crippen molar-refractivity contribution in [3.8, 4) is 0 Å². The number of amides is 1. The van der Waals surface area contributed by atoms with Gasteiger partial charge in [-0.1, -0.05) is 0 Å². The van der Waals surface area contributed by atoms with Gasteiger partial charge in [0.15, 0.2) is 0 Å². The molecule has 7 heteroatoms. The highest BCUT2D eigenvalue weighted by Gasteiger charge is 2.23. The zero-order valence-electron chi connectivity index (χ0n) is 11.6. The van der Waals surface area contributed by atoms with Gasteiger partial charge in [-0.25, -0.2) is 0 Å². The number of carbonyl (C=O) groups is 1. The fourth-order valence-electron chi connectivity index (χ4n) is 2.71. The molecule has 0 bridgehead atoms. The summed E-state index contributed by atoms with van der Waals surface area (Å²) >= 11 is 0. The van der Waals surface area contributed by atoms with Crippen molar-refractivity contribution in [2.75, 3.05) is 26.2 Å². The van der Waals surface area contributed by atoms with Crippen LogP contribution in [0.5, 0.6) is 0 Å². The molecule has 1 saturated heterocycles. The summed E-state index contributed by atoms with van der Waals surface area (Å²) in [5.74, 6) is 1.99. The van der Waals surface area contributed by atoms with Gasteiger partial charge in [-0.05, 0) is 12.8 Å². The highest BCUT2D eigenvalue weighted by molar-refractivity contribution is 5.80. The van der Waals surface area contributed by atoms with Crippen LogP contribution in [0, 0.1) is 0 Å². The molecule has 2 aliphatic heterocycles. The summed E-state index contributed by atoms with van der Waals surface area (Å²) in [5, 5.41) is 14.7. The van der Waals surface area contributed by atoms with E-state index in [1.165, 1.54) is 0 Å². The largest absolute Gasteiger partial charge is 0.368 e. The molecule has 1 aromatic heterocycles. The van der Waals surface area contributed by atoms with Gasteiger partial charge in [0, 0.05) is 45.6 Å². The van der Waals surface area contributed by atoms with E-state index in [1.54, 1.807) is 0 Å². The summed E-state index contributed by atoms with van der Waals surface area (Å²) in [6, 6.07) is 0. The molecule has 0 radical (unpaired) electrons. The maximum absolute atomic E-state index is 11.8. The van der Waals surface area contributed by atoms with Crippen LogP contribution in [0.2, 0.25) is 0 Å². The first-order valence-corrected chi connectivity index (χ1v) is 7.35. The topological polar surface area (TPSA) is 81.1 Å². The normalized spacial score (nSPS) is 22.3. The Kier molecular flexibility index (Phi) is 4.27. The van der Waals surface area contributed by atoms with E-state index in [-0.39, 0.29) is 12.0 Å². The predicted molar refractivity (Wildman–Crippen MR) is 72.3 cm³/mol. The van der Waals surface area contributed by atoms with Gasteiger partial charge in [0.05, 0.1) is 0 Å². The van der Waals surface area contributed by atoms with Crippen LogP contribution in [0.25, 0.3) is 0 Å². The molecule has 0 spiro atoms. The van der Waals surface area contributed by atoms with Crippen molar-refractivity contribution in [3.63, 3.8) is 0 Å².